The maximum atomic E-state index is 6.75. The molecule has 0 aliphatic heterocycles. The summed E-state index contributed by atoms with van der Waals surface area (Å²) in [7, 11) is -3.97. The molecule has 0 aromatic heterocycles. The summed E-state index contributed by atoms with van der Waals surface area (Å²) in [5, 5.41) is 0.254. The van der Waals surface area contributed by atoms with E-state index >= 15 is 0 Å². The second kappa shape index (κ2) is 8.76. The van der Waals surface area contributed by atoms with E-state index in [1.165, 1.54) is 5.56 Å². The summed E-state index contributed by atoms with van der Waals surface area (Å²) in [6, 6.07) is 16.7. The van der Waals surface area contributed by atoms with Gasteiger partial charge in [0, 0.05) is 0 Å². The van der Waals surface area contributed by atoms with Gasteiger partial charge in [-0.2, -0.15) is 0 Å². The van der Waals surface area contributed by atoms with Gasteiger partial charge >= 0.3 is 0 Å². The maximum Gasteiger partial charge on any atom is 0.250 e. The molecular formula is C26H40O2Si2. The van der Waals surface area contributed by atoms with E-state index in [1.54, 1.807) is 0 Å². The molecule has 0 atom stereocenters. The van der Waals surface area contributed by atoms with Crippen LogP contribution in [0.15, 0.2) is 48.5 Å². The predicted molar refractivity (Wildman–Crippen MR) is 137 cm³/mol. The van der Waals surface area contributed by atoms with Crippen molar-refractivity contribution >= 4 is 28.8 Å². The molecule has 0 radical (unpaired) electrons. The van der Waals surface area contributed by atoms with Crippen LogP contribution in [0.4, 0.5) is 0 Å². The zero-order valence-corrected chi connectivity index (χ0v) is 22.6. The lowest BCUT2D eigenvalue weighted by Crippen LogP contribution is -2.45. The van der Waals surface area contributed by atoms with E-state index in [4.69, 9.17) is 8.85 Å². The summed E-state index contributed by atoms with van der Waals surface area (Å²) in [5.41, 5.74) is 2.31. The van der Waals surface area contributed by atoms with Crippen LogP contribution < -0.4 is 8.85 Å². The minimum atomic E-state index is -2.00. The number of benzene rings is 2. The summed E-state index contributed by atoms with van der Waals surface area (Å²) in [6.07, 6.45) is 4.28. The van der Waals surface area contributed by atoms with E-state index < -0.39 is 16.6 Å². The lowest BCUT2D eigenvalue weighted by Gasteiger charge is -2.39. The van der Waals surface area contributed by atoms with E-state index in [0.29, 0.717) is 0 Å². The molecule has 0 aliphatic carbocycles. The van der Waals surface area contributed by atoms with Crippen LogP contribution in [0.25, 0.3) is 12.2 Å². The van der Waals surface area contributed by atoms with Gasteiger partial charge in [0.15, 0.2) is 0 Å². The molecule has 0 aliphatic rings. The van der Waals surface area contributed by atoms with Gasteiger partial charge in [0.05, 0.1) is 0 Å². The highest BCUT2D eigenvalue weighted by atomic mass is 28.4. The molecular weight excluding hydrogens is 400 g/mol. The second-order valence-corrected chi connectivity index (χ2v) is 20.6. The van der Waals surface area contributed by atoms with Gasteiger partial charge in [-0.3, -0.25) is 0 Å². The Morgan fingerprint density at radius 1 is 0.600 bits per heavy atom. The average Bonchev–Trinajstić information content (AvgIpc) is 2.60. The molecule has 0 spiro atoms. The van der Waals surface area contributed by atoms with Crippen molar-refractivity contribution in [1.82, 2.24) is 0 Å². The Morgan fingerprint density at radius 2 is 1.07 bits per heavy atom. The highest BCUT2D eigenvalue weighted by molar-refractivity contribution is 6.75. The summed E-state index contributed by atoms with van der Waals surface area (Å²) < 4.78 is 13.4. The highest BCUT2D eigenvalue weighted by Crippen LogP contribution is 2.43. The van der Waals surface area contributed by atoms with Crippen molar-refractivity contribution in [3.8, 4) is 11.5 Å². The molecule has 2 aromatic rings. The SMILES string of the molecule is CC(C)(C)[Si](C)(C)Oc1ccc(C=Cc2ccccc2)cc1O[Si](C)(C)C(C)(C)C. The molecule has 0 N–H and O–H groups in total. The molecule has 0 saturated heterocycles. The third-order valence-electron chi connectivity index (χ3n) is 6.58. The minimum absolute atomic E-state index is 0.122. The first-order chi connectivity index (χ1) is 13.6. The van der Waals surface area contributed by atoms with E-state index in [0.717, 1.165) is 17.1 Å². The summed E-state index contributed by atoms with van der Waals surface area (Å²) in [5.74, 6) is 1.75. The Balaban J connectivity index is 2.45. The lowest BCUT2D eigenvalue weighted by molar-refractivity contribution is 0.440. The summed E-state index contributed by atoms with van der Waals surface area (Å²) in [6.45, 7) is 22.8. The number of hydrogen-bond donors (Lipinski definition) is 0. The Hall–Kier alpha value is -1.79. The zero-order valence-electron chi connectivity index (χ0n) is 20.6. The topological polar surface area (TPSA) is 18.5 Å². The highest BCUT2D eigenvalue weighted by Gasteiger charge is 2.42. The van der Waals surface area contributed by atoms with Crippen LogP contribution in [0.1, 0.15) is 52.7 Å². The summed E-state index contributed by atoms with van der Waals surface area (Å²) >= 11 is 0. The van der Waals surface area contributed by atoms with Gasteiger partial charge in [-0.1, -0.05) is 90.1 Å². The van der Waals surface area contributed by atoms with E-state index in [9.17, 15) is 0 Å². The number of hydrogen-bond acceptors (Lipinski definition) is 2. The van der Waals surface area contributed by atoms with Crippen molar-refractivity contribution in [2.45, 2.75) is 77.8 Å². The third kappa shape index (κ3) is 6.11. The fraction of sp³-hybridized carbons (Fsp3) is 0.462. The van der Waals surface area contributed by atoms with Crippen molar-refractivity contribution in [3.63, 3.8) is 0 Å². The van der Waals surface area contributed by atoms with E-state index in [-0.39, 0.29) is 10.1 Å². The maximum absolute atomic E-state index is 6.75. The van der Waals surface area contributed by atoms with Gasteiger partial charge in [-0.25, -0.2) is 0 Å². The molecule has 0 heterocycles. The fourth-order valence-electron chi connectivity index (χ4n) is 2.40. The Morgan fingerprint density at radius 3 is 1.57 bits per heavy atom. The molecule has 30 heavy (non-hydrogen) atoms. The second-order valence-electron chi connectivity index (χ2n) is 11.2. The standard InChI is InChI=1S/C26H40O2Si2/c1-25(2,3)29(7,8)27-23-19-18-22(17-16-21-14-12-11-13-15-21)20-24(23)28-30(9,10)26(4,5)6/h11-20H,1-10H3. The molecule has 0 fully saturated rings. The van der Waals surface area contributed by atoms with Gasteiger partial charge in [0.1, 0.15) is 11.5 Å². The monoisotopic (exact) mass is 440 g/mol. The van der Waals surface area contributed by atoms with Gasteiger partial charge in [-0.15, -0.1) is 0 Å². The van der Waals surface area contributed by atoms with Crippen molar-refractivity contribution in [3.05, 3.63) is 59.7 Å². The van der Waals surface area contributed by atoms with Gasteiger partial charge in [0.25, 0.3) is 16.6 Å². The van der Waals surface area contributed by atoms with Crippen molar-refractivity contribution in [2.75, 3.05) is 0 Å². The van der Waals surface area contributed by atoms with Crippen LogP contribution in [0, 0.1) is 0 Å². The lowest BCUT2D eigenvalue weighted by atomic mass is 10.1. The fourth-order valence-corrected chi connectivity index (χ4v) is 4.45. The Kier molecular flexibility index (Phi) is 7.15. The molecule has 0 bridgehead atoms. The summed E-state index contributed by atoms with van der Waals surface area (Å²) in [4.78, 5) is 0. The van der Waals surface area contributed by atoms with Crippen LogP contribution in [-0.2, 0) is 0 Å². The van der Waals surface area contributed by atoms with Crippen molar-refractivity contribution in [2.24, 2.45) is 0 Å². The predicted octanol–water partition coefficient (Wildman–Crippen LogP) is 8.63. The van der Waals surface area contributed by atoms with Crippen molar-refractivity contribution < 1.29 is 8.85 Å². The van der Waals surface area contributed by atoms with Crippen LogP contribution in [0.5, 0.6) is 11.5 Å². The smallest absolute Gasteiger partial charge is 0.250 e. The van der Waals surface area contributed by atoms with Gasteiger partial charge in [0.2, 0.25) is 0 Å². The molecule has 0 unspecified atom stereocenters. The van der Waals surface area contributed by atoms with Gasteiger partial charge in [-0.05, 0) is 59.5 Å². The van der Waals surface area contributed by atoms with Crippen molar-refractivity contribution in [1.29, 1.82) is 0 Å². The van der Waals surface area contributed by atoms with Crippen LogP contribution in [0.2, 0.25) is 36.3 Å². The van der Waals surface area contributed by atoms with E-state index in [2.05, 4.69) is 122 Å². The largest absolute Gasteiger partial charge is 0.541 e. The first-order valence-electron chi connectivity index (χ1n) is 10.9. The normalized spacial score (nSPS) is 13.5. The molecule has 164 valence electrons. The quantitative estimate of drug-likeness (QED) is 0.330. The van der Waals surface area contributed by atoms with Gasteiger partial charge < -0.3 is 8.85 Å². The molecule has 2 rings (SSSR count). The molecule has 4 heteroatoms. The van der Waals surface area contributed by atoms with E-state index in [1.807, 2.05) is 6.07 Å². The molecule has 2 aromatic carbocycles. The first-order valence-corrected chi connectivity index (χ1v) is 16.7. The van der Waals surface area contributed by atoms with Crippen LogP contribution in [0.3, 0.4) is 0 Å². The van der Waals surface area contributed by atoms with Crippen LogP contribution >= 0.6 is 0 Å². The minimum Gasteiger partial charge on any atom is -0.541 e. The average molecular weight is 441 g/mol. The Labute approximate surface area is 186 Å². The molecule has 2 nitrogen and oxygen atoms in total. The molecule has 0 amide bonds. The van der Waals surface area contributed by atoms with Crippen LogP contribution in [-0.4, -0.2) is 16.6 Å². The third-order valence-corrected chi connectivity index (χ3v) is 15.3. The molecule has 0 saturated carbocycles. The first kappa shape index (κ1) is 24.5. The zero-order chi connectivity index (χ0) is 22.8. The number of rotatable bonds is 6. The Bertz CT molecular complexity index is 870.